The first-order valence-electron chi connectivity index (χ1n) is 9.93. The van der Waals surface area contributed by atoms with Crippen LogP contribution in [0.1, 0.15) is 62.4 Å². The van der Waals surface area contributed by atoms with E-state index in [9.17, 15) is 14.4 Å². The van der Waals surface area contributed by atoms with E-state index in [1.807, 2.05) is 31.7 Å². The van der Waals surface area contributed by atoms with Gasteiger partial charge in [0.05, 0.1) is 0 Å². The summed E-state index contributed by atoms with van der Waals surface area (Å²) in [6.45, 7) is 6.51. The van der Waals surface area contributed by atoms with Crippen LogP contribution in [-0.4, -0.2) is 47.5 Å². The number of hydrogen-bond donors (Lipinski definition) is 2. The van der Waals surface area contributed by atoms with E-state index in [1.54, 1.807) is 12.1 Å². The quantitative estimate of drug-likeness (QED) is 0.834. The van der Waals surface area contributed by atoms with Gasteiger partial charge in [0, 0.05) is 36.8 Å². The van der Waals surface area contributed by atoms with E-state index in [0.717, 1.165) is 30.5 Å². The summed E-state index contributed by atoms with van der Waals surface area (Å²) in [4.78, 5) is 38.5. The van der Waals surface area contributed by atoms with Gasteiger partial charge >= 0.3 is 6.09 Å². The Morgan fingerprint density at radius 1 is 1.25 bits per heavy atom. The summed E-state index contributed by atoms with van der Waals surface area (Å²) in [5.74, 6) is -0.0220. The number of piperidine rings is 1. The lowest BCUT2D eigenvalue weighted by Crippen LogP contribution is -2.50. The Bertz CT molecular complexity index is 769. The van der Waals surface area contributed by atoms with Gasteiger partial charge in [0.15, 0.2) is 0 Å². The molecule has 152 valence electrons. The smallest absolute Gasteiger partial charge is 0.407 e. The topological polar surface area (TPSA) is 87.7 Å². The summed E-state index contributed by atoms with van der Waals surface area (Å²) in [5.41, 5.74) is 1.85. The highest BCUT2D eigenvalue weighted by atomic mass is 16.6. The molecule has 28 heavy (non-hydrogen) atoms. The molecule has 1 saturated heterocycles. The molecule has 2 aliphatic rings. The summed E-state index contributed by atoms with van der Waals surface area (Å²) in [7, 11) is 0. The molecule has 3 amide bonds. The zero-order valence-corrected chi connectivity index (χ0v) is 16.8. The van der Waals surface area contributed by atoms with Crippen molar-refractivity contribution in [3.63, 3.8) is 0 Å². The molecular formula is C21H29N3O4. The molecule has 1 atom stereocenters. The average molecular weight is 387 g/mol. The molecule has 7 heteroatoms. The van der Waals surface area contributed by atoms with Crippen molar-refractivity contribution < 1.29 is 19.1 Å². The molecule has 7 nitrogen and oxygen atoms in total. The number of nitrogens with zero attached hydrogens (tertiary/aromatic N) is 1. The lowest BCUT2D eigenvalue weighted by atomic mass is 9.97. The van der Waals surface area contributed by atoms with Crippen LogP contribution < -0.4 is 10.6 Å². The number of amides is 3. The number of anilines is 1. The summed E-state index contributed by atoms with van der Waals surface area (Å²) in [6.07, 6.45) is 3.46. The summed E-state index contributed by atoms with van der Waals surface area (Å²) < 4.78 is 5.29. The van der Waals surface area contributed by atoms with Crippen LogP contribution >= 0.6 is 0 Å². The Kier molecular flexibility index (Phi) is 5.91. The predicted molar refractivity (Wildman–Crippen MR) is 106 cm³/mol. The number of ether oxygens (including phenoxy) is 1. The van der Waals surface area contributed by atoms with Gasteiger partial charge in [-0.1, -0.05) is 0 Å². The molecule has 0 spiro atoms. The molecular weight excluding hydrogens is 358 g/mol. The van der Waals surface area contributed by atoms with Crippen LogP contribution in [0, 0.1) is 0 Å². The third kappa shape index (κ3) is 5.03. The number of carbonyl (C=O) groups excluding carboxylic acids is 3. The third-order valence-electron chi connectivity index (χ3n) is 5.02. The predicted octanol–water partition coefficient (Wildman–Crippen LogP) is 3.09. The van der Waals surface area contributed by atoms with Crippen molar-refractivity contribution in [3.8, 4) is 0 Å². The van der Waals surface area contributed by atoms with Crippen molar-refractivity contribution in [1.82, 2.24) is 10.2 Å². The molecule has 1 fully saturated rings. The second-order valence-corrected chi connectivity index (χ2v) is 8.45. The van der Waals surface area contributed by atoms with Gasteiger partial charge in [-0.2, -0.15) is 0 Å². The van der Waals surface area contributed by atoms with Crippen molar-refractivity contribution in [2.75, 3.05) is 18.4 Å². The number of alkyl carbamates (subject to hydrolysis) is 1. The molecule has 2 heterocycles. The maximum atomic E-state index is 13.1. The first-order valence-corrected chi connectivity index (χ1v) is 9.93. The first kappa shape index (κ1) is 20.2. The van der Waals surface area contributed by atoms with Crippen LogP contribution in [0.4, 0.5) is 10.5 Å². The average Bonchev–Trinajstić information content (AvgIpc) is 2.64. The second-order valence-electron chi connectivity index (χ2n) is 8.45. The highest BCUT2D eigenvalue weighted by Gasteiger charge is 2.29. The van der Waals surface area contributed by atoms with Gasteiger partial charge in [-0.25, -0.2) is 4.79 Å². The number of aryl methyl sites for hydroxylation is 1. The number of fused-ring (bicyclic) bond motifs is 1. The lowest BCUT2D eigenvalue weighted by molar-refractivity contribution is -0.116. The Hall–Kier alpha value is -2.57. The molecule has 0 unspecified atom stereocenters. The van der Waals surface area contributed by atoms with E-state index in [1.165, 1.54) is 0 Å². The summed E-state index contributed by atoms with van der Waals surface area (Å²) in [6, 6.07) is 5.39. The van der Waals surface area contributed by atoms with Gasteiger partial charge in [0.1, 0.15) is 5.60 Å². The van der Waals surface area contributed by atoms with Gasteiger partial charge in [0.25, 0.3) is 5.91 Å². The molecule has 3 rings (SSSR count). The van der Waals surface area contributed by atoms with Gasteiger partial charge in [0.2, 0.25) is 5.91 Å². The van der Waals surface area contributed by atoms with Crippen LogP contribution in [0.25, 0.3) is 0 Å². The van der Waals surface area contributed by atoms with Crippen molar-refractivity contribution in [2.45, 2.75) is 64.5 Å². The molecule has 0 bridgehead atoms. The zero-order valence-electron chi connectivity index (χ0n) is 16.8. The Morgan fingerprint density at radius 3 is 2.79 bits per heavy atom. The molecule has 0 aliphatic carbocycles. The van der Waals surface area contributed by atoms with Gasteiger partial charge in [-0.3, -0.25) is 9.59 Å². The fourth-order valence-corrected chi connectivity index (χ4v) is 3.68. The van der Waals surface area contributed by atoms with Crippen molar-refractivity contribution >= 4 is 23.6 Å². The molecule has 2 N–H and O–H groups in total. The molecule has 2 aliphatic heterocycles. The number of benzene rings is 1. The van der Waals surface area contributed by atoms with Crippen molar-refractivity contribution in [3.05, 3.63) is 29.3 Å². The molecule has 1 aromatic rings. The van der Waals surface area contributed by atoms with E-state index in [-0.39, 0.29) is 17.9 Å². The SMILES string of the molecule is CC(C)(C)OC(=O)NC[C@H]1CCCCN1C(=O)c1ccc2c(c1)CCC(=O)N2. The van der Waals surface area contributed by atoms with Crippen LogP contribution in [0.15, 0.2) is 18.2 Å². The highest BCUT2D eigenvalue weighted by Crippen LogP contribution is 2.26. The zero-order chi connectivity index (χ0) is 20.3. The molecule has 0 saturated carbocycles. The van der Waals surface area contributed by atoms with E-state index in [4.69, 9.17) is 4.74 Å². The Morgan fingerprint density at radius 2 is 2.04 bits per heavy atom. The molecule has 0 aromatic heterocycles. The number of rotatable bonds is 3. The summed E-state index contributed by atoms with van der Waals surface area (Å²) in [5, 5.41) is 5.64. The largest absolute Gasteiger partial charge is 0.444 e. The number of carbonyl (C=O) groups is 3. The molecule has 1 aromatic carbocycles. The molecule has 0 radical (unpaired) electrons. The van der Waals surface area contributed by atoms with Gasteiger partial charge in [-0.15, -0.1) is 0 Å². The Labute approximate surface area is 165 Å². The summed E-state index contributed by atoms with van der Waals surface area (Å²) >= 11 is 0. The second kappa shape index (κ2) is 8.20. The monoisotopic (exact) mass is 387 g/mol. The number of nitrogens with one attached hydrogen (secondary N) is 2. The third-order valence-corrected chi connectivity index (χ3v) is 5.02. The van der Waals surface area contributed by atoms with Crippen LogP contribution in [0.2, 0.25) is 0 Å². The maximum absolute atomic E-state index is 13.1. The Balaban J connectivity index is 1.67. The van der Waals surface area contributed by atoms with Gasteiger partial charge in [-0.05, 0) is 70.2 Å². The van der Waals surface area contributed by atoms with E-state index in [2.05, 4.69) is 10.6 Å². The minimum atomic E-state index is -0.551. The van der Waals surface area contributed by atoms with Gasteiger partial charge < -0.3 is 20.3 Å². The maximum Gasteiger partial charge on any atom is 0.407 e. The van der Waals surface area contributed by atoms with Crippen LogP contribution in [-0.2, 0) is 16.0 Å². The van der Waals surface area contributed by atoms with E-state index >= 15 is 0 Å². The number of hydrogen-bond acceptors (Lipinski definition) is 4. The minimum absolute atomic E-state index is 0.0101. The standard InChI is InChI=1S/C21H29N3O4/c1-21(2,3)28-20(27)22-13-16-6-4-5-11-24(16)19(26)15-7-9-17-14(12-15)8-10-18(25)23-17/h7,9,12,16H,4-6,8,10-11,13H2,1-3H3,(H,22,27)(H,23,25)/t16-/m1/s1. The first-order chi connectivity index (χ1) is 13.2. The fraction of sp³-hybridized carbons (Fsp3) is 0.571. The fourth-order valence-electron chi connectivity index (χ4n) is 3.68. The minimum Gasteiger partial charge on any atom is -0.444 e. The highest BCUT2D eigenvalue weighted by molar-refractivity contribution is 5.98. The lowest BCUT2D eigenvalue weighted by Gasteiger charge is -2.36. The van der Waals surface area contributed by atoms with E-state index in [0.29, 0.717) is 31.5 Å². The van der Waals surface area contributed by atoms with Crippen molar-refractivity contribution in [2.24, 2.45) is 0 Å². The van der Waals surface area contributed by atoms with Crippen LogP contribution in [0.5, 0.6) is 0 Å². The van der Waals surface area contributed by atoms with Crippen molar-refractivity contribution in [1.29, 1.82) is 0 Å². The van der Waals surface area contributed by atoms with Crippen LogP contribution in [0.3, 0.4) is 0 Å². The number of likely N-dealkylation sites (tertiary alicyclic amines) is 1. The normalized spacial score (nSPS) is 19.5. The van der Waals surface area contributed by atoms with E-state index < -0.39 is 11.7 Å².